The molecule has 1 N–H and O–H groups in total. The van der Waals surface area contributed by atoms with Crippen LogP contribution in [-0.4, -0.2) is 20.2 Å². The molecular formula is C17H29NO. The van der Waals surface area contributed by atoms with Crippen LogP contribution in [0, 0.1) is 5.92 Å². The summed E-state index contributed by atoms with van der Waals surface area (Å²) in [5.41, 5.74) is 2.64. The zero-order valence-corrected chi connectivity index (χ0v) is 13.3. The number of hydrogen-bond acceptors (Lipinski definition) is 2. The number of para-hydroxylation sites is 1. The molecule has 0 saturated heterocycles. The molecule has 0 aliphatic heterocycles. The summed E-state index contributed by atoms with van der Waals surface area (Å²) in [4.78, 5) is 0. The first-order valence-corrected chi connectivity index (χ1v) is 7.37. The van der Waals surface area contributed by atoms with Crippen molar-refractivity contribution < 1.29 is 4.74 Å². The van der Waals surface area contributed by atoms with Gasteiger partial charge in [0, 0.05) is 12.5 Å². The molecule has 2 heteroatoms. The number of ether oxygens (including phenoxy) is 1. The van der Waals surface area contributed by atoms with Crippen LogP contribution in [0.4, 0.5) is 0 Å². The molecule has 0 aliphatic rings. The van der Waals surface area contributed by atoms with Gasteiger partial charge in [0.2, 0.25) is 0 Å². The highest BCUT2D eigenvalue weighted by Crippen LogP contribution is 2.34. The van der Waals surface area contributed by atoms with Gasteiger partial charge in [-0.05, 0) is 30.0 Å². The Bertz CT molecular complexity index is 359. The van der Waals surface area contributed by atoms with Crippen LogP contribution < -0.4 is 10.1 Å². The second-order valence-corrected chi connectivity index (χ2v) is 6.05. The molecule has 0 heterocycles. The van der Waals surface area contributed by atoms with Crippen LogP contribution in [0.15, 0.2) is 18.2 Å². The molecule has 1 aromatic carbocycles. The van der Waals surface area contributed by atoms with Gasteiger partial charge in [0.25, 0.3) is 0 Å². The zero-order chi connectivity index (χ0) is 14.4. The van der Waals surface area contributed by atoms with E-state index in [2.05, 4.69) is 58.1 Å². The standard InChI is InChI=1S/C17H29NO/c1-12(2)15-8-7-9-16(13(3)4)17(15)19-11-14(5)10-18-6/h7-9,12-14,18H,10-11H2,1-6H3. The van der Waals surface area contributed by atoms with Crippen molar-refractivity contribution >= 4 is 0 Å². The van der Waals surface area contributed by atoms with Crippen molar-refractivity contribution in [1.29, 1.82) is 0 Å². The minimum atomic E-state index is 0.494. The summed E-state index contributed by atoms with van der Waals surface area (Å²) in [6.45, 7) is 12.9. The van der Waals surface area contributed by atoms with Crippen LogP contribution in [0.25, 0.3) is 0 Å². The van der Waals surface area contributed by atoms with E-state index in [-0.39, 0.29) is 0 Å². The van der Waals surface area contributed by atoms with Gasteiger partial charge >= 0.3 is 0 Å². The molecule has 1 aromatic rings. The van der Waals surface area contributed by atoms with E-state index in [4.69, 9.17) is 4.74 Å². The number of benzene rings is 1. The quantitative estimate of drug-likeness (QED) is 0.797. The highest BCUT2D eigenvalue weighted by atomic mass is 16.5. The molecule has 0 aliphatic carbocycles. The van der Waals surface area contributed by atoms with E-state index in [1.165, 1.54) is 11.1 Å². The lowest BCUT2D eigenvalue weighted by Crippen LogP contribution is -2.22. The van der Waals surface area contributed by atoms with Crippen LogP contribution in [0.3, 0.4) is 0 Å². The summed E-state index contributed by atoms with van der Waals surface area (Å²) in [6.07, 6.45) is 0. The van der Waals surface area contributed by atoms with Gasteiger partial charge in [0.15, 0.2) is 0 Å². The van der Waals surface area contributed by atoms with Crippen molar-refractivity contribution in [3.05, 3.63) is 29.3 Å². The molecule has 0 saturated carbocycles. The largest absolute Gasteiger partial charge is 0.493 e. The van der Waals surface area contributed by atoms with Gasteiger partial charge in [-0.3, -0.25) is 0 Å². The maximum Gasteiger partial charge on any atom is 0.126 e. The first-order valence-electron chi connectivity index (χ1n) is 7.37. The van der Waals surface area contributed by atoms with Crippen LogP contribution in [0.1, 0.15) is 57.6 Å². The van der Waals surface area contributed by atoms with Crippen molar-refractivity contribution in [3.8, 4) is 5.75 Å². The van der Waals surface area contributed by atoms with Crippen LogP contribution >= 0.6 is 0 Å². The minimum absolute atomic E-state index is 0.494. The molecule has 1 rings (SSSR count). The summed E-state index contributed by atoms with van der Waals surface area (Å²) in [5.74, 6) is 2.61. The van der Waals surface area contributed by atoms with E-state index >= 15 is 0 Å². The van der Waals surface area contributed by atoms with Crippen LogP contribution in [0.5, 0.6) is 5.75 Å². The second-order valence-electron chi connectivity index (χ2n) is 6.05. The molecular weight excluding hydrogens is 234 g/mol. The zero-order valence-electron chi connectivity index (χ0n) is 13.3. The van der Waals surface area contributed by atoms with Crippen molar-refractivity contribution in [2.45, 2.75) is 46.5 Å². The molecule has 0 aromatic heterocycles. The van der Waals surface area contributed by atoms with Crippen molar-refractivity contribution in [2.75, 3.05) is 20.2 Å². The molecule has 1 atom stereocenters. The van der Waals surface area contributed by atoms with Gasteiger partial charge in [-0.25, -0.2) is 0 Å². The Labute approximate surface area is 118 Å². The average molecular weight is 263 g/mol. The highest BCUT2D eigenvalue weighted by molar-refractivity contribution is 5.44. The fourth-order valence-corrected chi connectivity index (χ4v) is 2.28. The maximum atomic E-state index is 6.17. The van der Waals surface area contributed by atoms with Crippen molar-refractivity contribution in [1.82, 2.24) is 5.32 Å². The van der Waals surface area contributed by atoms with E-state index in [0.29, 0.717) is 17.8 Å². The molecule has 1 unspecified atom stereocenters. The summed E-state index contributed by atoms with van der Waals surface area (Å²) < 4.78 is 6.17. The van der Waals surface area contributed by atoms with Gasteiger partial charge in [0.1, 0.15) is 5.75 Å². The molecule has 19 heavy (non-hydrogen) atoms. The fourth-order valence-electron chi connectivity index (χ4n) is 2.28. The highest BCUT2D eigenvalue weighted by Gasteiger charge is 2.15. The second kappa shape index (κ2) is 7.54. The Morgan fingerprint density at radius 3 is 1.95 bits per heavy atom. The molecule has 108 valence electrons. The molecule has 0 bridgehead atoms. The van der Waals surface area contributed by atoms with Gasteiger partial charge in [-0.15, -0.1) is 0 Å². The fraction of sp³-hybridized carbons (Fsp3) is 0.647. The van der Waals surface area contributed by atoms with Gasteiger partial charge in [0.05, 0.1) is 6.61 Å². The number of rotatable bonds is 7. The first-order chi connectivity index (χ1) is 8.97. The summed E-state index contributed by atoms with van der Waals surface area (Å²) in [6, 6.07) is 6.53. The van der Waals surface area contributed by atoms with Gasteiger partial charge in [-0.2, -0.15) is 0 Å². The molecule has 0 spiro atoms. The summed E-state index contributed by atoms with van der Waals surface area (Å²) in [7, 11) is 1.98. The lowest BCUT2D eigenvalue weighted by Gasteiger charge is -2.21. The van der Waals surface area contributed by atoms with Gasteiger partial charge in [-0.1, -0.05) is 52.8 Å². The molecule has 0 fully saturated rings. The monoisotopic (exact) mass is 263 g/mol. The Morgan fingerprint density at radius 2 is 1.53 bits per heavy atom. The number of hydrogen-bond donors (Lipinski definition) is 1. The van der Waals surface area contributed by atoms with E-state index < -0.39 is 0 Å². The third kappa shape index (κ3) is 4.54. The summed E-state index contributed by atoms with van der Waals surface area (Å²) >= 11 is 0. The van der Waals surface area contributed by atoms with E-state index in [9.17, 15) is 0 Å². The van der Waals surface area contributed by atoms with E-state index in [0.717, 1.165) is 18.9 Å². The molecule has 0 radical (unpaired) electrons. The van der Waals surface area contributed by atoms with E-state index in [1.807, 2.05) is 7.05 Å². The van der Waals surface area contributed by atoms with Gasteiger partial charge < -0.3 is 10.1 Å². The Morgan fingerprint density at radius 1 is 1.00 bits per heavy atom. The predicted octanol–water partition coefficient (Wildman–Crippen LogP) is 4.17. The molecule has 0 amide bonds. The Kier molecular flexibility index (Phi) is 6.36. The predicted molar refractivity (Wildman–Crippen MR) is 83.2 cm³/mol. The molecule has 2 nitrogen and oxygen atoms in total. The normalized spacial score (nSPS) is 13.1. The third-order valence-electron chi connectivity index (χ3n) is 3.38. The SMILES string of the molecule is CNCC(C)COc1c(C(C)C)cccc1C(C)C. The minimum Gasteiger partial charge on any atom is -0.493 e. The first kappa shape index (κ1) is 16.0. The average Bonchev–Trinajstić information content (AvgIpc) is 2.35. The number of nitrogens with one attached hydrogen (secondary N) is 1. The summed E-state index contributed by atoms with van der Waals surface area (Å²) in [5, 5.41) is 3.20. The van der Waals surface area contributed by atoms with Crippen molar-refractivity contribution in [2.24, 2.45) is 5.92 Å². The van der Waals surface area contributed by atoms with Crippen molar-refractivity contribution in [3.63, 3.8) is 0 Å². The van der Waals surface area contributed by atoms with E-state index in [1.54, 1.807) is 0 Å². The Hall–Kier alpha value is -1.02. The third-order valence-corrected chi connectivity index (χ3v) is 3.38. The smallest absolute Gasteiger partial charge is 0.126 e. The van der Waals surface area contributed by atoms with Crippen LogP contribution in [-0.2, 0) is 0 Å². The van der Waals surface area contributed by atoms with Crippen LogP contribution in [0.2, 0.25) is 0 Å². The topological polar surface area (TPSA) is 21.3 Å². The lowest BCUT2D eigenvalue weighted by atomic mass is 9.94. The Balaban J connectivity index is 2.94. The maximum absolute atomic E-state index is 6.17. The lowest BCUT2D eigenvalue weighted by molar-refractivity contribution is 0.252.